The number of imidazole rings is 1. The van der Waals surface area contributed by atoms with Crippen molar-refractivity contribution in [2.24, 2.45) is 0 Å². The number of anilines is 1. The lowest BCUT2D eigenvalue weighted by atomic mass is 10.2. The number of carbonyl (C=O) groups excluding carboxylic acids is 1. The number of hydrogen-bond acceptors (Lipinski definition) is 10. The predicted octanol–water partition coefficient (Wildman–Crippen LogP) is 0.244. The number of aliphatic hydroxyl groups excluding tert-OH is 1. The van der Waals surface area contributed by atoms with Crippen LogP contribution >= 0.6 is 7.75 Å². The first-order chi connectivity index (χ1) is 14.6. The second-order valence-electron chi connectivity index (χ2n) is 7.04. The average Bonchev–Trinajstić information content (AvgIpc) is 3.27. The SMILES string of the molecule is CCC(=O)OC[C@H](C)NP(=O)(O)OC[C@@H]1C[C@H](O)C(n2cnc3c(N)nc(F)nc32)O1. The molecule has 0 spiro atoms. The van der Waals surface area contributed by atoms with E-state index in [4.69, 9.17) is 19.7 Å². The molecule has 3 rings (SSSR count). The third kappa shape index (κ3) is 5.73. The lowest BCUT2D eigenvalue weighted by Crippen LogP contribution is -2.30. The highest BCUT2D eigenvalue weighted by molar-refractivity contribution is 7.50. The minimum Gasteiger partial charge on any atom is -0.464 e. The Morgan fingerprint density at radius 3 is 3.00 bits per heavy atom. The highest BCUT2D eigenvalue weighted by atomic mass is 31.2. The molecule has 1 aliphatic rings. The molecule has 31 heavy (non-hydrogen) atoms. The summed E-state index contributed by atoms with van der Waals surface area (Å²) in [4.78, 5) is 32.2. The summed E-state index contributed by atoms with van der Waals surface area (Å²) in [5.74, 6) is -0.583. The minimum atomic E-state index is -4.23. The summed E-state index contributed by atoms with van der Waals surface area (Å²) in [6.07, 6.45) is -2.25. The summed E-state index contributed by atoms with van der Waals surface area (Å²) >= 11 is 0. The number of fused-ring (bicyclic) bond motifs is 1. The smallest absolute Gasteiger partial charge is 0.403 e. The van der Waals surface area contributed by atoms with Crippen molar-refractivity contribution in [3.63, 3.8) is 0 Å². The Bertz CT molecular complexity index is 991. The van der Waals surface area contributed by atoms with Gasteiger partial charge in [0.2, 0.25) is 0 Å². The second-order valence-corrected chi connectivity index (χ2v) is 8.59. The Morgan fingerprint density at radius 1 is 1.55 bits per heavy atom. The number of aromatic nitrogens is 4. The maximum atomic E-state index is 13.5. The largest absolute Gasteiger partial charge is 0.464 e. The summed E-state index contributed by atoms with van der Waals surface area (Å²) < 4.78 is 42.7. The van der Waals surface area contributed by atoms with Crippen molar-refractivity contribution < 1.29 is 37.7 Å². The molecule has 0 saturated carbocycles. The van der Waals surface area contributed by atoms with Crippen molar-refractivity contribution in [1.82, 2.24) is 24.6 Å². The zero-order valence-electron chi connectivity index (χ0n) is 16.8. The van der Waals surface area contributed by atoms with Crippen LogP contribution in [0.2, 0.25) is 0 Å². The number of rotatable bonds is 9. The predicted molar refractivity (Wildman–Crippen MR) is 104 cm³/mol. The molecule has 0 amide bonds. The van der Waals surface area contributed by atoms with E-state index in [0.29, 0.717) is 0 Å². The number of nitrogens with zero attached hydrogens (tertiary/aromatic N) is 4. The van der Waals surface area contributed by atoms with Crippen LogP contribution in [0.1, 0.15) is 32.9 Å². The van der Waals surface area contributed by atoms with Crippen molar-refractivity contribution in [2.75, 3.05) is 18.9 Å². The summed E-state index contributed by atoms with van der Waals surface area (Å²) in [6.45, 7) is 2.77. The number of halogens is 1. The molecular weight excluding hydrogens is 438 g/mol. The lowest BCUT2D eigenvalue weighted by molar-refractivity contribution is -0.143. The summed E-state index contributed by atoms with van der Waals surface area (Å²) in [5.41, 5.74) is 5.82. The normalized spacial score (nSPS) is 24.2. The van der Waals surface area contributed by atoms with Gasteiger partial charge < -0.3 is 25.2 Å². The van der Waals surface area contributed by atoms with Gasteiger partial charge in [-0.05, 0) is 6.92 Å². The van der Waals surface area contributed by atoms with Gasteiger partial charge in [-0.1, -0.05) is 6.92 Å². The van der Waals surface area contributed by atoms with Gasteiger partial charge in [-0.2, -0.15) is 14.4 Å². The number of esters is 1. The van der Waals surface area contributed by atoms with Gasteiger partial charge in [0, 0.05) is 18.9 Å². The van der Waals surface area contributed by atoms with E-state index in [2.05, 4.69) is 20.0 Å². The molecule has 1 aliphatic heterocycles. The van der Waals surface area contributed by atoms with E-state index in [9.17, 15) is 23.7 Å². The van der Waals surface area contributed by atoms with Gasteiger partial charge in [0.15, 0.2) is 23.2 Å². The second kappa shape index (κ2) is 9.51. The van der Waals surface area contributed by atoms with E-state index < -0.39 is 44.3 Å². The van der Waals surface area contributed by atoms with Gasteiger partial charge in [-0.15, -0.1) is 0 Å². The molecule has 0 aromatic carbocycles. The van der Waals surface area contributed by atoms with Crippen molar-refractivity contribution in [2.45, 2.75) is 51.2 Å². The maximum Gasteiger partial charge on any atom is 0.403 e. The molecule has 15 heteroatoms. The molecule has 3 heterocycles. The van der Waals surface area contributed by atoms with E-state index in [0.717, 1.165) is 0 Å². The molecule has 0 aliphatic carbocycles. The van der Waals surface area contributed by atoms with Crippen molar-refractivity contribution >= 4 is 30.7 Å². The number of nitrogen functional groups attached to an aromatic ring is 1. The lowest BCUT2D eigenvalue weighted by Gasteiger charge is -2.20. The molecule has 1 fully saturated rings. The van der Waals surface area contributed by atoms with Crippen LogP contribution in [0.5, 0.6) is 0 Å². The first-order valence-corrected chi connectivity index (χ1v) is 11.1. The van der Waals surface area contributed by atoms with Crippen LogP contribution in [0, 0.1) is 6.08 Å². The van der Waals surface area contributed by atoms with Crippen LogP contribution < -0.4 is 10.8 Å². The van der Waals surface area contributed by atoms with E-state index in [-0.39, 0.29) is 43.0 Å². The molecule has 2 unspecified atom stereocenters. The van der Waals surface area contributed by atoms with Crippen LogP contribution in [0.15, 0.2) is 6.33 Å². The Kier molecular flexibility index (Phi) is 7.19. The van der Waals surface area contributed by atoms with Gasteiger partial charge in [0.25, 0.3) is 0 Å². The fourth-order valence-corrected chi connectivity index (χ4v) is 4.12. The fourth-order valence-electron chi connectivity index (χ4n) is 3.04. The van der Waals surface area contributed by atoms with Crippen molar-refractivity contribution in [1.29, 1.82) is 0 Å². The van der Waals surface area contributed by atoms with E-state index in [1.165, 1.54) is 10.9 Å². The third-order valence-corrected chi connectivity index (χ3v) is 5.73. The molecular formula is C16H24FN6O7P. The quantitative estimate of drug-likeness (QED) is 0.226. The first-order valence-electron chi connectivity index (χ1n) is 9.49. The van der Waals surface area contributed by atoms with Crippen LogP contribution in [0.3, 0.4) is 0 Å². The van der Waals surface area contributed by atoms with Gasteiger partial charge in [0.1, 0.15) is 12.7 Å². The zero-order valence-corrected chi connectivity index (χ0v) is 17.7. The third-order valence-electron chi connectivity index (χ3n) is 4.46. The number of hydrogen-bond donors (Lipinski definition) is 4. The topological polar surface area (TPSA) is 184 Å². The fraction of sp³-hybridized carbons (Fsp3) is 0.625. The average molecular weight is 462 g/mol. The molecule has 2 aromatic heterocycles. The number of carbonyl (C=O) groups is 1. The summed E-state index contributed by atoms with van der Waals surface area (Å²) in [7, 11) is -4.23. The maximum absolute atomic E-state index is 13.5. The van der Waals surface area contributed by atoms with Gasteiger partial charge in [-0.25, -0.2) is 14.6 Å². The zero-order chi connectivity index (χ0) is 22.8. The molecule has 172 valence electrons. The highest BCUT2D eigenvalue weighted by Crippen LogP contribution is 2.40. The monoisotopic (exact) mass is 462 g/mol. The van der Waals surface area contributed by atoms with Gasteiger partial charge >= 0.3 is 19.8 Å². The molecule has 5 N–H and O–H groups in total. The Labute approximate surface area is 176 Å². The van der Waals surface area contributed by atoms with E-state index in [1.807, 2.05) is 0 Å². The molecule has 2 aromatic rings. The first kappa shape index (κ1) is 23.4. The molecule has 0 radical (unpaired) electrons. The van der Waals surface area contributed by atoms with Crippen LogP contribution in [0.25, 0.3) is 11.2 Å². The summed E-state index contributed by atoms with van der Waals surface area (Å²) in [5, 5.41) is 12.7. The number of aliphatic hydroxyl groups is 1. The van der Waals surface area contributed by atoms with Gasteiger partial charge in [-0.3, -0.25) is 13.9 Å². The Hall–Kier alpha value is -2.22. The summed E-state index contributed by atoms with van der Waals surface area (Å²) in [6, 6.07) is -0.633. The minimum absolute atomic E-state index is 0.0422. The van der Waals surface area contributed by atoms with E-state index in [1.54, 1.807) is 13.8 Å². The Balaban J connectivity index is 1.58. The Morgan fingerprint density at radius 2 is 2.29 bits per heavy atom. The number of nitrogens with one attached hydrogen (secondary N) is 1. The van der Waals surface area contributed by atoms with Gasteiger partial charge in [0.05, 0.1) is 19.0 Å². The number of ether oxygens (including phenoxy) is 2. The van der Waals surface area contributed by atoms with Crippen molar-refractivity contribution in [3.05, 3.63) is 12.4 Å². The standard InChI is InChI=1S/C16H24FN6O7P/c1-3-11(25)28-5-8(2)22-31(26,27)29-6-9-4-10(24)15(30-9)23-7-19-12-13(18)20-16(17)21-14(12)23/h7-10,15,24H,3-6H2,1-2H3,(H2,18,20,21)(H2,22,26,27)/t8-,9-,10-,15?/m0/s1. The van der Waals surface area contributed by atoms with Crippen LogP contribution in [-0.4, -0.2) is 67.0 Å². The molecule has 1 saturated heterocycles. The van der Waals surface area contributed by atoms with E-state index >= 15 is 0 Å². The van der Waals surface area contributed by atoms with Crippen molar-refractivity contribution in [3.8, 4) is 0 Å². The highest BCUT2D eigenvalue weighted by Gasteiger charge is 2.38. The number of nitrogens with two attached hydrogens (primary N) is 1. The van der Waals surface area contributed by atoms with Crippen LogP contribution in [0.4, 0.5) is 10.2 Å². The molecule has 13 nitrogen and oxygen atoms in total. The van der Waals surface area contributed by atoms with Crippen LogP contribution in [-0.2, 0) is 23.4 Å². The molecule has 5 atom stereocenters. The molecule has 0 bridgehead atoms.